The van der Waals surface area contributed by atoms with E-state index in [0.29, 0.717) is 19.3 Å². The molecule has 0 spiro atoms. The van der Waals surface area contributed by atoms with Gasteiger partial charge in [-0.2, -0.15) is 13.2 Å². The molecule has 2 atom stereocenters. The van der Waals surface area contributed by atoms with Gasteiger partial charge in [-0.15, -0.1) is 0 Å². The third-order valence-corrected chi connectivity index (χ3v) is 3.56. The summed E-state index contributed by atoms with van der Waals surface area (Å²) in [6, 6.07) is -1.02. The molecule has 1 fully saturated rings. The highest BCUT2D eigenvalue weighted by Gasteiger charge is 2.47. The molecule has 2 N–H and O–H groups in total. The molecule has 1 aliphatic rings. The lowest BCUT2D eigenvalue weighted by Gasteiger charge is -2.28. The first-order valence-electron chi connectivity index (χ1n) is 4.51. The number of hydrogen-bond donors (Lipinski definition) is 2. The highest BCUT2D eigenvalue weighted by molar-refractivity contribution is 7.90. The second kappa shape index (κ2) is 4.26. The number of alkyl halides is 3. The SMILES string of the molecule is O=S(=O)(NC1CCCCC1O)C(F)(F)F. The quantitative estimate of drug-likeness (QED) is 0.756. The molecule has 4 nitrogen and oxygen atoms in total. The van der Waals surface area contributed by atoms with Gasteiger partial charge >= 0.3 is 15.5 Å². The average molecular weight is 247 g/mol. The minimum Gasteiger partial charge on any atom is -0.391 e. The number of nitrogens with one attached hydrogen (secondary N) is 1. The second-order valence-corrected chi connectivity index (χ2v) is 5.23. The molecule has 1 aliphatic carbocycles. The van der Waals surface area contributed by atoms with E-state index in [1.165, 1.54) is 4.72 Å². The largest absolute Gasteiger partial charge is 0.511 e. The maximum absolute atomic E-state index is 12.0. The molecule has 0 radical (unpaired) electrons. The van der Waals surface area contributed by atoms with Crippen LogP contribution >= 0.6 is 0 Å². The van der Waals surface area contributed by atoms with Crippen molar-refractivity contribution >= 4 is 10.0 Å². The van der Waals surface area contributed by atoms with Gasteiger partial charge in [-0.3, -0.25) is 0 Å². The molecule has 2 unspecified atom stereocenters. The topological polar surface area (TPSA) is 66.4 Å². The van der Waals surface area contributed by atoms with E-state index in [4.69, 9.17) is 0 Å². The summed E-state index contributed by atoms with van der Waals surface area (Å²) in [6.07, 6.45) is 0.838. The van der Waals surface area contributed by atoms with Gasteiger partial charge in [0.05, 0.1) is 6.10 Å². The van der Waals surface area contributed by atoms with Crippen molar-refractivity contribution in [2.75, 3.05) is 0 Å². The molecule has 0 aliphatic heterocycles. The van der Waals surface area contributed by atoms with E-state index in [1.54, 1.807) is 0 Å². The Morgan fingerprint density at radius 2 is 1.73 bits per heavy atom. The average Bonchev–Trinajstić information content (AvgIpc) is 2.06. The van der Waals surface area contributed by atoms with Crippen molar-refractivity contribution in [1.82, 2.24) is 4.72 Å². The zero-order valence-electron chi connectivity index (χ0n) is 7.79. The molecule has 0 aromatic carbocycles. The highest BCUT2D eigenvalue weighted by Crippen LogP contribution is 2.25. The molecule has 0 aromatic heterocycles. The van der Waals surface area contributed by atoms with E-state index < -0.39 is 27.7 Å². The van der Waals surface area contributed by atoms with Crippen LogP contribution in [0.3, 0.4) is 0 Å². The molecule has 15 heavy (non-hydrogen) atoms. The summed E-state index contributed by atoms with van der Waals surface area (Å²) in [5, 5.41) is 9.30. The summed E-state index contributed by atoms with van der Waals surface area (Å²) in [7, 11) is -5.34. The molecule has 1 rings (SSSR count). The van der Waals surface area contributed by atoms with Crippen LogP contribution in [-0.2, 0) is 10.0 Å². The van der Waals surface area contributed by atoms with Gasteiger partial charge in [0, 0.05) is 6.04 Å². The maximum atomic E-state index is 12.0. The van der Waals surface area contributed by atoms with Crippen molar-refractivity contribution in [3.8, 4) is 0 Å². The first-order valence-corrected chi connectivity index (χ1v) is 5.99. The van der Waals surface area contributed by atoms with Crippen molar-refractivity contribution in [2.24, 2.45) is 0 Å². The van der Waals surface area contributed by atoms with Crippen LogP contribution in [0.4, 0.5) is 13.2 Å². The number of aliphatic hydroxyl groups is 1. The Balaban J connectivity index is 2.69. The molecule has 0 amide bonds. The van der Waals surface area contributed by atoms with Gasteiger partial charge in [-0.1, -0.05) is 12.8 Å². The smallest absolute Gasteiger partial charge is 0.391 e. The Hall–Kier alpha value is -0.340. The van der Waals surface area contributed by atoms with Gasteiger partial charge in [0.1, 0.15) is 0 Å². The predicted molar refractivity (Wildman–Crippen MR) is 46.4 cm³/mol. The summed E-state index contributed by atoms with van der Waals surface area (Å²) in [4.78, 5) is 0. The van der Waals surface area contributed by atoms with Crippen LogP contribution < -0.4 is 4.72 Å². The molecule has 8 heteroatoms. The Morgan fingerprint density at radius 1 is 1.20 bits per heavy atom. The van der Waals surface area contributed by atoms with Crippen LogP contribution in [0.2, 0.25) is 0 Å². The number of hydrogen-bond acceptors (Lipinski definition) is 3. The minimum atomic E-state index is -5.34. The summed E-state index contributed by atoms with van der Waals surface area (Å²) in [5.74, 6) is 0. The summed E-state index contributed by atoms with van der Waals surface area (Å²) in [6.45, 7) is 0. The summed E-state index contributed by atoms with van der Waals surface area (Å²) in [5.41, 5.74) is -5.32. The first kappa shape index (κ1) is 12.7. The molecule has 0 heterocycles. The monoisotopic (exact) mass is 247 g/mol. The van der Waals surface area contributed by atoms with Crippen molar-refractivity contribution in [3.05, 3.63) is 0 Å². The van der Waals surface area contributed by atoms with Crippen molar-refractivity contribution in [2.45, 2.75) is 43.3 Å². The van der Waals surface area contributed by atoms with Gasteiger partial charge < -0.3 is 5.11 Å². The van der Waals surface area contributed by atoms with Gasteiger partial charge in [0.25, 0.3) is 0 Å². The van der Waals surface area contributed by atoms with E-state index in [0.717, 1.165) is 0 Å². The fourth-order valence-corrected chi connectivity index (χ4v) is 2.32. The first-order chi connectivity index (χ1) is 6.74. The molecule has 90 valence electrons. The van der Waals surface area contributed by atoms with Crippen LogP contribution in [0.5, 0.6) is 0 Å². The van der Waals surface area contributed by atoms with Crippen LogP contribution in [0, 0.1) is 0 Å². The van der Waals surface area contributed by atoms with Crippen molar-refractivity contribution in [1.29, 1.82) is 0 Å². The number of rotatable bonds is 2. The number of aliphatic hydroxyl groups excluding tert-OH is 1. The normalized spacial score (nSPS) is 29.1. The third-order valence-electron chi connectivity index (χ3n) is 2.34. The van der Waals surface area contributed by atoms with E-state index >= 15 is 0 Å². The molecule has 0 aromatic rings. The molecule has 0 bridgehead atoms. The van der Waals surface area contributed by atoms with Crippen LogP contribution in [0.25, 0.3) is 0 Å². The molecular formula is C7H12F3NO3S. The van der Waals surface area contributed by atoms with Crippen LogP contribution in [0.15, 0.2) is 0 Å². The molecule has 1 saturated carbocycles. The minimum absolute atomic E-state index is 0.233. The predicted octanol–water partition coefficient (Wildman–Crippen LogP) is 0.729. The molecule has 0 saturated heterocycles. The zero-order chi connectivity index (χ0) is 11.7. The van der Waals surface area contributed by atoms with E-state index in [9.17, 15) is 26.7 Å². The van der Waals surface area contributed by atoms with Gasteiger partial charge in [0.2, 0.25) is 0 Å². The van der Waals surface area contributed by atoms with Crippen molar-refractivity contribution < 1.29 is 26.7 Å². The van der Waals surface area contributed by atoms with Crippen LogP contribution in [0.1, 0.15) is 25.7 Å². The lowest BCUT2D eigenvalue weighted by atomic mass is 9.93. The second-order valence-electron chi connectivity index (χ2n) is 3.53. The zero-order valence-corrected chi connectivity index (χ0v) is 8.61. The van der Waals surface area contributed by atoms with Gasteiger partial charge in [0.15, 0.2) is 0 Å². The van der Waals surface area contributed by atoms with E-state index in [-0.39, 0.29) is 6.42 Å². The Kier molecular flexibility index (Phi) is 3.62. The standard InChI is InChI=1S/C7H12F3NO3S/c8-7(9,10)15(13,14)11-5-3-1-2-4-6(5)12/h5-6,11-12H,1-4H2. The Bertz CT molecular complexity index is 314. The Labute approximate surface area is 85.5 Å². The van der Waals surface area contributed by atoms with Crippen LogP contribution in [-0.4, -0.2) is 31.2 Å². The number of sulfonamides is 1. The van der Waals surface area contributed by atoms with Gasteiger partial charge in [-0.05, 0) is 12.8 Å². The lowest BCUT2D eigenvalue weighted by Crippen LogP contribution is -2.49. The summed E-state index contributed by atoms with van der Waals surface area (Å²) < 4.78 is 58.9. The molecular weight excluding hydrogens is 235 g/mol. The summed E-state index contributed by atoms with van der Waals surface area (Å²) >= 11 is 0. The number of halogens is 3. The fourth-order valence-electron chi connectivity index (χ4n) is 1.51. The Morgan fingerprint density at radius 3 is 2.20 bits per heavy atom. The lowest BCUT2D eigenvalue weighted by molar-refractivity contribution is -0.0458. The van der Waals surface area contributed by atoms with Crippen molar-refractivity contribution in [3.63, 3.8) is 0 Å². The highest BCUT2D eigenvalue weighted by atomic mass is 32.2. The fraction of sp³-hybridized carbons (Fsp3) is 1.00. The van der Waals surface area contributed by atoms with E-state index in [1.807, 2.05) is 0 Å². The van der Waals surface area contributed by atoms with Gasteiger partial charge in [-0.25, -0.2) is 13.1 Å². The third kappa shape index (κ3) is 3.05. The maximum Gasteiger partial charge on any atom is 0.511 e. The van der Waals surface area contributed by atoms with E-state index in [2.05, 4.69) is 0 Å².